The number of nitrogens with zero attached hydrogens (tertiary/aromatic N) is 2. The molecule has 1 aliphatic carbocycles. The Hall–Kier alpha value is -5.09. The Balaban J connectivity index is 1.49. The molecule has 0 atom stereocenters. The predicted molar refractivity (Wildman–Crippen MR) is 151 cm³/mol. The van der Waals surface area contributed by atoms with E-state index < -0.39 is 0 Å². The third kappa shape index (κ3) is 6.39. The van der Waals surface area contributed by atoms with E-state index in [2.05, 4.69) is 15.3 Å². The lowest BCUT2D eigenvalue weighted by atomic mass is 9.95. The molecule has 9 nitrogen and oxygen atoms in total. The lowest BCUT2D eigenvalue weighted by Gasteiger charge is -2.17. The SMILES string of the molecule is COCCOc1cc2ncnc(Nc3ccc(OCc4ccc(F)cc4)c(C4=CC(=O)C=CC4=O)c3)c2cc1OC. The Morgan fingerprint density at radius 2 is 1.68 bits per heavy atom. The summed E-state index contributed by atoms with van der Waals surface area (Å²) in [5.74, 6) is 0.911. The highest BCUT2D eigenvalue weighted by Gasteiger charge is 2.20. The summed E-state index contributed by atoms with van der Waals surface area (Å²) in [7, 11) is 3.14. The maximum absolute atomic E-state index is 13.3. The number of anilines is 2. The van der Waals surface area contributed by atoms with Crippen molar-refractivity contribution >= 4 is 39.5 Å². The summed E-state index contributed by atoms with van der Waals surface area (Å²) in [5.41, 5.74) is 2.57. The van der Waals surface area contributed by atoms with Crippen molar-refractivity contribution in [1.29, 1.82) is 0 Å². The highest BCUT2D eigenvalue weighted by atomic mass is 19.1. The van der Waals surface area contributed by atoms with Crippen molar-refractivity contribution in [3.8, 4) is 17.2 Å². The average molecular weight is 556 g/mol. The second-order valence-corrected chi connectivity index (χ2v) is 8.99. The van der Waals surface area contributed by atoms with Crippen LogP contribution in [-0.2, 0) is 20.9 Å². The van der Waals surface area contributed by atoms with Crippen LogP contribution < -0.4 is 19.5 Å². The molecule has 10 heteroatoms. The van der Waals surface area contributed by atoms with Crippen molar-refractivity contribution in [2.75, 3.05) is 32.8 Å². The maximum atomic E-state index is 13.3. The summed E-state index contributed by atoms with van der Waals surface area (Å²) in [5, 5.41) is 3.95. The number of allylic oxidation sites excluding steroid dienone is 4. The van der Waals surface area contributed by atoms with Crippen LogP contribution in [0.3, 0.4) is 0 Å². The average Bonchev–Trinajstić information content (AvgIpc) is 2.98. The molecule has 0 radical (unpaired) electrons. The van der Waals surface area contributed by atoms with Crippen molar-refractivity contribution in [3.63, 3.8) is 0 Å². The summed E-state index contributed by atoms with van der Waals surface area (Å²) in [6, 6.07) is 14.6. The summed E-state index contributed by atoms with van der Waals surface area (Å²) in [4.78, 5) is 33.7. The standard InChI is InChI=1S/C31H26FN3O6/c1-38-11-12-40-30-16-26-25(15-29(30)39-2)31(34-18-33-26)35-21-7-10-28(41-17-19-3-5-20(32)6-4-19)24(13-21)23-14-22(36)8-9-27(23)37/h3-10,13-16,18H,11-12,17H2,1-2H3,(H,33,34,35). The minimum atomic E-state index is -0.349. The van der Waals surface area contributed by atoms with Gasteiger partial charge in [-0.3, -0.25) is 9.59 Å². The minimum Gasteiger partial charge on any atom is -0.493 e. The third-order valence-electron chi connectivity index (χ3n) is 6.26. The van der Waals surface area contributed by atoms with Crippen LogP contribution in [0.2, 0.25) is 0 Å². The topological polar surface area (TPSA) is 109 Å². The largest absolute Gasteiger partial charge is 0.493 e. The molecule has 0 bridgehead atoms. The fourth-order valence-electron chi connectivity index (χ4n) is 4.21. The fourth-order valence-corrected chi connectivity index (χ4v) is 4.21. The first-order valence-corrected chi connectivity index (χ1v) is 12.7. The molecule has 41 heavy (non-hydrogen) atoms. The van der Waals surface area contributed by atoms with Crippen molar-refractivity contribution in [3.05, 3.63) is 96.1 Å². The molecule has 0 aliphatic heterocycles. The van der Waals surface area contributed by atoms with Gasteiger partial charge >= 0.3 is 0 Å². The van der Waals surface area contributed by atoms with E-state index in [0.717, 1.165) is 5.56 Å². The van der Waals surface area contributed by atoms with E-state index in [1.165, 1.54) is 36.7 Å². The number of methoxy groups -OCH3 is 2. The number of carbonyl (C=O) groups is 2. The van der Waals surface area contributed by atoms with E-state index in [1.807, 2.05) is 0 Å². The molecule has 0 fully saturated rings. The number of carbonyl (C=O) groups excluding carboxylic acids is 2. The molecular formula is C31H26FN3O6. The zero-order chi connectivity index (χ0) is 28.8. The number of halogens is 1. The lowest BCUT2D eigenvalue weighted by Crippen LogP contribution is -2.09. The minimum absolute atomic E-state index is 0.135. The highest BCUT2D eigenvalue weighted by molar-refractivity contribution is 6.34. The molecular weight excluding hydrogens is 529 g/mol. The zero-order valence-electron chi connectivity index (χ0n) is 22.3. The maximum Gasteiger partial charge on any atom is 0.186 e. The van der Waals surface area contributed by atoms with E-state index in [4.69, 9.17) is 18.9 Å². The molecule has 208 valence electrons. The van der Waals surface area contributed by atoms with Gasteiger partial charge in [0.15, 0.2) is 23.1 Å². The number of rotatable bonds is 11. The number of hydrogen-bond donors (Lipinski definition) is 1. The van der Waals surface area contributed by atoms with Gasteiger partial charge in [-0.25, -0.2) is 14.4 Å². The lowest BCUT2D eigenvalue weighted by molar-refractivity contribution is -0.113. The Labute approximate surface area is 235 Å². The van der Waals surface area contributed by atoms with Gasteiger partial charge in [0, 0.05) is 35.4 Å². The highest BCUT2D eigenvalue weighted by Crippen LogP contribution is 2.36. The first-order chi connectivity index (χ1) is 19.9. The Bertz CT molecular complexity index is 1670. The van der Waals surface area contributed by atoms with Gasteiger partial charge in [-0.15, -0.1) is 0 Å². The number of fused-ring (bicyclic) bond motifs is 1. The Morgan fingerprint density at radius 3 is 2.46 bits per heavy atom. The molecule has 0 amide bonds. The molecule has 1 N–H and O–H groups in total. The van der Waals surface area contributed by atoms with E-state index in [1.54, 1.807) is 56.7 Å². The third-order valence-corrected chi connectivity index (χ3v) is 6.26. The molecule has 1 heterocycles. The smallest absolute Gasteiger partial charge is 0.186 e. The van der Waals surface area contributed by atoms with Gasteiger partial charge in [0.1, 0.15) is 36.9 Å². The molecule has 0 saturated heterocycles. The van der Waals surface area contributed by atoms with Crippen LogP contribution in [-0.4, -0.2) is 49.0 Å². The molecule has 0 saturated carbocycles. The van der Waals surface area contributed by atoms with Crippen molar-refractivity contribution in [2.24, 2.45) is 0 Å². The molecule has 1 aliphatic rings. The monoisotopic (exact) mass is 555 g/mol. The summed E-state index contributed by atoms with van der Waals surface area (Å²) in [6.07, 6.45) is 5.16. The number of ketones is 2. The van der Waals surface area contributed by atoms with Crippen LogP contribution in [0.5, 0.6) is 17.2 Å². The van der Waals surface area contributed by atoms with Gasteiger partial charge in [-0.05, 0) is 60.2 Å². The second-order valence-electron chi connectivity index (χ2n) is 8.99. The van der Waals surface area contributed by atoms with Crippen molar-refractivity contribution in [2.45, 2.75) is 6.61 Å². The fraction of sp³-hybridized carbons (Fsp3) is 0.161. The van der Waals surface area contributed by atoms with Gasteiger partial charge in [0.05, 0.1) is 19.2 Å². The van der Waals surface area contributed by atoms with Gasteiger partial charge in [-0.1, -0.05) is 12.1 Å². The summed E-state index contributed by atoms with van der Waals surface area (Å²) in [6.45, 7) is 0.902. The Morgan fingerprint density at radius 1 is 0.854 bits per heavy atom. The number of benzene rings is 3. The van der Waals surface area contributed by atoms with E-state index >= 15 is 0 Å². The zero-order valence-corrected chi connectivity index (χ0v) is 22.3. The van der Waals surface area contributed by atoms with Gasteiger partial charge in [0.25, 0.3) is 0 Å². The normalized spacial score (nSPS) is 12.8. The molecule has 0 spiro atoms. The molecule has 1 aromatic heterocycles. The van der Waals surface area contributed by atoms with Crippen LogP contribution in [0.15, 0.2) is 79.2 Å². The van der Waals surface area contributed by atoms with E-state index in [-0.39, 0.29) is 29.6 Å². The van der Waals surface area contributed by atoms with Crippen LogP contribution in [0, 0.1) is 5.82 Å². The molecule has 3 aromatic carbocycles. The first kappa shape index (κ1) is 27.5. The van der Waals surface area contributed by atoms with Crippen LogP contribution >= 0.6 is 0 Å². The van der Waals surface area contributed by atoms with Crippen LogP contribution in [0.1, 0.15) is 11.1 Å². The Kier molecular flexibility index (Phi) is 8.31. The van der Waals surface area contributed by atoms with Crippen LogP contribution in [0.25, 0.3) is 16.5 Å². The summed E-state index contributed by atoms with van der Waals surface area (Å²) < 4.78 is 35.7. The number of hydrogen-bond acceptors (Lipinski definition) is 9. The second kappa shape index (κ2) is 12.4. The van der Waals surface area contributed by atoms with E-state index in [9.17, 15) is 14.0 Å². The summed E-state index contributed by atoms with van der Waals surface area (Å²) >= 11 is 0. The van der Waals surface area contributed by atoms with Gasteiger partial charge < -0.3 is 24.3 Å². The quantitative estimate of drug-likeness (QED) is 0.197. The van der Waals surface area contributed by atoms with Gasteiger partial charge in [-0.2, -0.15) is 0 Å². The number of nitrogens with one attached hydrogen (secondary N) is 1. The van der Waals surface area contributed by atoms with E-state index in [0.29, 0.717) is 58.4 Å². The molecule has 4 aromatic rings. The van der Waals surface area contributed by atoms with Crippen molar-refractivity contribution in [1.82, 2.24) is 9.97 Å². The molecule has 0 unspecified atom stereocenters. The number of ether oxygens (including phenoxy) is 4. The predicted octanol–water partition coefficient (Wildman–Crippen LogP) is 5.22. The van der Waals surface area contributed by atoms with Crippen molar-refractivity contribution < 1.29 is 32.9 Å². The number of aromatic nitrogens is 2. The first-order valence-electron chi connectivity index (χ1n) is 12.7. The molecule has 5 rings (SSSR count). The van der Waals surface area contributed by atoms with Crippen LogP contribution in [0.4, 0.5) is 15.9 Å². The van der Waals surface area contributed by atoms with Gasteiger partial charge in [0.2, 0.25) is 0 Å².